The molecule has 0 unspecified atom stereocenters. The third-order valence-electron chi connectivity index (χ3n) is 2.50. The molecule has 0 aliphatic heterocycles. The lowest BCUT2D eigenvalue weighted by molar-refractivity contribution is 0.0875. The first kappa shape index (κ1) is 16.5. The van der Waals surface area contributed by atoms with Crippen molar-refractivity contribution in [2.24, 2.45) is 11.8 Å². The third-order valence-corrected chi connectivity index (χ3v) is 2.50. The van der Waals surface area contributed by atoms with Gasteiger partial charge in [-0.15, -0.1) is 0 Å². The molecule has 2 nitrogen and oxygen atoms in total. The molecule has 0 heterocycles. The van der Waals surface area contributed by atoms with E-state index in [0.29, 0.717) is 18.4 Å². The van der Waals surface area contributed by atoms with Crippen LogP contribution in [-0.2, 0) is 9.47 Å². The van der Waals surface area contributed by atoms with E-state index in [4.69, 9.17) is 9.47 Å². The fourth-order valence-electron chi connectivity index (χ4n) is 1.30. The van der Waals surface area contributed by atoms with E-state index in [0.717, 1.165) is 38.2 Å². The summed E-state index contributed by atoms with van der Waals surface area (Å²) in [6.07, 6.45) is 5.35. The van der Waals surface area contributed by atoms with Crippen LogP contribution in [0.15, 0.2) is 11.8 Å². The molecule has 0 amide bonds. The van der Waals surface area contributed by atoms with Crippen molar-refractivity contribution in [3.8, 4) is 0 Å². The van der Waals surface area contributed by atoms with Crippen LogP contribution in [0.3, 0.4) is 0 Å². The highest BCUT2D eigenvalue weighted by molar-refractivity contribution is 4.92. The van der Waals surface area contributed by atoms with Crippen LogP contribution in [0.5, 0.6) is 0 Å². The second kappa shape index (κ2) is 10.6. The fourth-order valence-corrected chi connectivity index (χ4v) is 1.30. The number of allylic oxidation sites excluding steroid dienone is 1. The summed E-state index contributed by atoms with van der Waals surface area (Å²) in [5.41, 5.74) is 0. The molecule has 0 bridgehead atoms. The maximum Gasteiger partial charge on any atom is 0.118 e. The van der Waals surface area contributed by atoms with Gasteiger partial charge in [0.15, 0.2) is 0 Å². The summed E-state index contributed by atoms with van der Waals surface area (Å²) in [7, 11) is 0. The number of ether oxygens (including phenoxy) is 2. The van der Waals surface area contributed by atoms with E-state index in [2.05, 4.69) is 40.7 Å². The molecule has 0 aromatic carbocycles. The summed E-state index contributed by atoms with van der Waals surface area (Å²) >= 11 is 0. The van der Waals surface area contributed by atoms with Gasteiger partial charge in [-0.2, -0.15) is 0 Å². The molecule has 0 atom stereocenters. The van der Waals surface area contributed by atoms with Gasteiger partial charge in [0, 0.05) is 6.61 Å². The monoisotopic (exact) mass is 242 g/mol. The summed E-state index contributed by atoms with van der Waals surface area (Å²) < 4.78 is 11.4. The van der Waals surface area contributed by atoms with Crippen LogP contribution >= 0.6 is 0 Å². The van der Waals surface area contributed by atoms with Crippen molar-refractivity contribution in [3.05, 3.63) is 11.8 Å². The van der Waals surface area contributed by atoms with E-state index < -0.39 is 0 Å². The van der Waals surface area contributed by atoms with Crippen LogP contribution in [0.1, 0.15) is 53.9 Å². The first-order valence-corrected chi connectivity index (χ1v) is 6.95. The first-order valence-electron chi connectivity index (χ1n) is 6.95. The zero-order valence-corrected chi connectivity index (χ0v) is 12.3. The van der Waals surface area contributed by atoms with E-state index in [-0.39, 0.29) is 0 Å². The van der Waals surface area contributed by atoms with E-state index >= 15 is 0 Å². The standard InChI is InChI=1S/C15H30O2/c1-6-7-15(17-11-9-14(4)5)12-16-10-8-13(2)3/h7,13-14H,6,8-12H2,1-5H3/b15-7-. The number of hydrogen-bond donors (Lipinski definition) is 0. The van der Waals surface area contributed by atoms with Gasteiger partial charge in [0.2, 0.25) is 0 Å². The minimum atomic E-state index is 0.624. The minimum absolute atomic E-state index is 0.624. The van der Waals surface area contributed by atoms with Crippen molar-refractivity contribution in [3.63, 3.8) is 0 Å². The van der Waals surface area contributed by atoms with Crippen molar-refractivity contribution >= 4 is 0 Å². The zero-order chi connectivity index (χ0) is 13.1. The maximum atomic E-state index is 5.74. The molecule has 0 aromatic rings. The molecule has 0 aliphatic carbocycles. The van der Waals surface area contributed by atoms with Crippen LogP contribution < -0.4 is 0 Å². The normalized spacial score (nSPS) is 12.5. The van der Waals surface area contributed by atoms with Crippen molar-refractivity contribution in [2.45, 2.75) is 53.9 Å². The van der Waals surface area contributed by atoms with Crippen LogP contribution in [0, 0.1) is 11.8 Å². The Morgan fingerprint density at radius 2 is 1.59 bits per heavy atom. The SMILES string of the molecule is CC/C=C(/COCCC(C)C)OCCC(C)C. The topological polar surface area (TPSA) is 18.5 Å². The molecule has 0 aliphatic rings. The van der Waals surface area contributed by atoms with E-state index in [1.807, 2.05) is 0 Å². The van der Waals surface area contributed by atoms with E-state index in [9.17, 15) is 0 Å². The molecule has 0 saturated heterocycles. The highest BCUT2D eigenvalue weighted by Crippen LogP contribution is 2.07. The van der Waals surface area contributed by atoms with Gasteiger partial charge in [0.25, 0.3) is 0 Å². The Morgan fingerprint density at radius 3 is 2.12 bits per heavy atom. The van der Waals surface area contributed by atoms with Crippen molar-refractivity contribution in [1.29, 1.82) is 0 Å². The summed E-state index contributed by atoms with van der Waals surface area (Å²) in [6.45, 7) is 13.2. The van der Waals surface area contributed by atoms with Gasteiger partial charge < -0.3 is 9.47 Å². The number of rotatable bonds is 10. The molecular formula is C15H30O2. The molecule has 0 rings (SSSR count). The maximum absolute atomic E-state index is 5.74. The largest absolute Gasteiger partial charge is 0.496 e. The molecule has 17 heavy (non-hydrogen) atoms. The Balaban J connectivity index is 3.72. The van der Waals surface area contributed by atoms with Crippen LogP contribution in [-0.4, -0.2) is 19.8 Å². The summed E-state index contributed by atoms with van der Waals surface area (Å²) in [4.78, 5) is 0. The Hall–Kier alpha value is -0.500. The molecular weight excluding hydrogens is 212 g/mol. The van der Waals surface area contributed by atoms with Crippen LogP contribution in [0.2, 0.25) is 0 Å². The van der Waals surface area contributed by atoms with Gasteiger partial charge >= 0.3 is 0 Å². The lowest BCUT2D eigenvalue weighted by Crippen LogP contribution is -2.07. The summed E-state index contributed by atoms with van der Waals surface area (Å²) in [5, 5.41) is 0. The molecule has 0 aromatic heterocycles. The Morgan fingerprint density at radius 1 is 1.00 bits per heavy atom. The third kappa shape index (κ3) is 11.8. The van der Waals surface area contributed by atoms with Crippen molar-refractivity contribution in [2.75, 3.05) is 19.8 Å². The molecule has 0 radical (unpaired) electrons. The minimum Gasteiger partial charge on any atom is -0.496 e. The highest BCUT2D eigenvalue weighted by Gasteiger charge is 2.01. The predicted octanol–water partition coefficient (Wildman–Crippen LogP) is 4.41. The van der Waals surface area contributed by atoms with E-state index in [1.165, 1.54) is 0 Å². The Kier molecular flexibility index (Phi) is 10.3. The quantitative estimate of drug-likeness (QED) is 0.417. The Labute approximate surface area is 107 Å². The molecule has 2 heteroatoms. The van der Waals surface area contributed by atoms with Crippen LogP contribution in [0.25, 0.3) is 0 Å². The van der Waals surface area contributed by atoms with Gasteiger partial charge in [-0.1, -0.05) is 34.6 Å². The summed E-state index contributed by atoms with van der Waals surface area (Å²) in [6, 6.07) is 0. The average Bonchev–Trinajstić information content (AvgIpc) is 2.23. The van der Waals surface area contributed by atoms with Gasteiger partial charge in [-0.05, 0) is 37.2 Å². The van der Waals surface area contributed by atoms with Gasteiger partial charge in [0.1, 0.15) is 12.4 Å². The van der Waals surface area contributed by atoms with Gasteiger partial charge in [-0.3, -0.25) is 0 Å². The average molecular weight is 242 g/mol. The molecule has 0 saturated carbocycles. The highest BCUT2D eigenvalue weighted by atomic mass is 16.5. The summed E-state index contributed by atoms with van der Waals surface area (Å²) in [5.74, 6) is 2.40. The zero-order valence-electron chi connectivity index (χ0n) is 12.3. The van der Waals surface area contributed by atoms with Crippen molar-refractivity contribution < 1.29 is 9.47 Å². The van der Waals surface area contributed by atoms with Crippen molar-refractivity contribution in [1.82, 2.24) is 0 Å². The van der Waals surface area contributed by atoms with E-state index in [1.54, 1.807) is 0 Å². The van der Waals surface area contributed by atoms with Crippen LogP contribution in [0.4, 0.5) is 0 Å². The van der Waals surface area contributed by atoms with Gasteiger partial charge in [0.05, 0.1) is 6.61 Å². The lowest BCUT2D eigenvalue weighted by Gasteiger charge is -2.13. The molecule has 0 fully saturated rings. The predicted molar refractivity (Wildman–Crippen MR) is 74.1 cm³/mol. The number of hydrogen-bond acceptors (Lipinski definition) is 2. The molecule has 102 valence electrons. The molecule has 0 N–H and O–H groups in total. The molecule has 0 spiro atoms. The van der Waals surface area contributed by atoms with Gasteiger partial charge in [-0.25, -0.2) is 0 Å². The lowest BCUT2D eigenvalue weighted by atomic mass is 10.1. The second-order valence-electron chi connectivity index (χ2n) is 5.34. The second-order valence-corrected chi connectivity index (χ2v) is 5.34. The fraction of sp³-hybridized carbons (Fsp3) is 0.867. The Bertz CT molecular complexity index is 195. The smallest absolute Gasteiger partial charge is 0.118 e. The first-order chi connectivity index (χ1) is 8.06.